The Hall–Kier alpha value is -0.570. The molecule has 1 amide bonds. The van der Waals surface area contributed by atoms with Crippen molar-refractivity contribution in [3.63, 3.8) is 0 Å². The molecule has 0 aromatic carbocycles. The first-order valence-corrected chi connectivity index (χ1v) is 7.67. The standard InChI is InChI=1S/C15H30N2O/c1-13(2)17(12-8-11-16)15(18)14-9-6-4-3-5-7-10-14/h13-14H,3-12,16H2,1-2H3. The first-order chi connectivity index (χ1) is 8.66. The smallest absolute Gasteiger partial charge is 0.225 e. The second-order valence-electron chi connectivity index (χ2n) is 5.81. The van der Waals surface area contributed by atoms with Gasteiger partial charge in [-0.05, 0) is 39.7 Å². The van der Waals surface area contributed by atoms with E-state index in [-0.39, 0.29) is 5.92 Å². The molecule has 0 radical (unpaired) electrons. The summed E-state index contributed by atoms with van der Waals surface area (Å²) in [6.45, 7) is 5.71. The van der Waals surface area contributed by atoms with E-state index in [9.17, 15) is 4.79 Å². The zero-order valence-corrected chi connectivity index (χ0v) is 12.2. The third kappa shape index (κ3) is 4.97. The Kier molecular flexibility index (Phi) is 7.33. The van der Waals surface area contributed by atoms with Crippen LogP contribution in [-0.4, -0.2) is 29.9 Å². The number of hydrogen-bond acceptors (Lipinski definition) is 2. The van der Waals surface area contributed by atoms with Crippen LogP contribution in [0.1, 0.15) is 65.2 Å². The second kappa shape index (κ2) is 8.52. The highest BCUT2D eigenvalue weighted by molar-refractivity contribution is 5.79. The number of carbonyl (C=O) groups excluding carboxylic acids is 1. The van der Waals surface area contributed by atoms with Gasteiger partial charge in [-0.2, -0.15) is 0 Å². The monoisotopic (exact) mass is 254 g/mol. The van der Waals surface area contributed by atoms with Crippen molar-refractivity contribution in [3.8, 4) is 0 Å². The highest BCUT2D eigenvalue weighted by Gasteiger charge is 2.25. The summed E-state index contributed by atoms with van der Waals surface area (Å²) in [4.78, 5) is 14.6. The summed E-state index contributed by atoms with van der Waals surface area (Å²) in [7, 11) is 0. The molecular formula is C15H30N2O. The molecule has 1 fully saturated rings. The molecule has 3 heteroatoms. The molecule has 0 heterocycles. The van der Waals surface area contributed by atoms with Gasteiger partial charge in [0.15, 0.2) is 0 Å². The molecule has 0 aliphatic heterocycles. The van der Waals surface area contributed by atoms with E-state index >= 15 is 0 Å². The average Bonchev–Trinajstić information content (AvgIpc) is 2.28. The molecule has 3 nitrogen and oxygen atoms in total. The molecule has 106 valence electrons. The molecule has 1 aliphatic carbocycles. The lowest BCUT2D eigenvalue weighted by molar-refractivity contribution is -0.138. The molecule has 2 N–H and O–H groups in total. The summed E-state index contributed by atoms with van der Waals surface area (Å²) in [5, 5.41) is 0. The van der Waals surface area contributed by atoms with Crippen molar-refractivity contribution in [1.82, 2.24) is 4.90 Å². The molecule has 0 aromatic heterocycles. The van der Waals surface area contributed by atoms with E-state index in [1.54, 1.807) is 0 Å². The molecule has 18 heavy (non-hydrogen) atoms. The zero-order chi connectivity index (χ0) is 13.4. The molecule has 0 atom stereocenters. The van der Waals surface area contributed by atoms with Crippen LogP contribution in [0.5, 0.6) is 0 Å². The minimum absolute atomic E-state index is 0.269. The number of nitrogens with zero attached hydrogens (tertiary/aromatic N) is 1. The summed E-state index contributed by atoms with van der Waals surface area (Å²) in [6, 6.07) is 0.300. The van der Waals surface area contributed by atoms with Crippen LogP contribution in [0.3, 0.4) is 0 Å². The van der Waals surface area contributed by atoms with E-state index in [0.717, 1.165) is 25.8 Å². The van der Waals surface area contributed by atoms with Gasteiger partial charge in [0, 0.05) is 18.5 Å². The number of carbonyl (C=O) groups is 1. The minimum atomic E-state index is 0.269. The largest absolute Gasteiger partial charge is 0.340 e. The van der Waals surface area contributed by atoms with E-state index in [0.29, 0.717) is 18.5 Å². The highest BCUT2D eigenvalue weighted by Crippen LogP contribution is 2.24. The number of amides is 1. The van der Waals surface area contributed by atoms with E-state index in [2.05, 4.69) is 13.8 Å². The first-order valence-electron chi connectivity index (χ1n) is 7.67. The van der Waals surface area contributed by atoms with E-state index in [1.165, 1.54) is 32.1 Å². The van der Waals surface area contributed by atoms with Crippen LogP contribution < -0.4 is 5.73 Å². The second-order valence-corrected chi connectivity index (χ2v) is 5.81. The Morgan fingerprint density at radius 1 is 1.17 bits per heavy atom. The SMILES string of the molecule is CC(C)N(CCCN)C(=O)C1CCCCCCC1. The normalized spacial score (nSPS) is 18.4. The van der Waals surface area contributed by atoms with E-state index in [4.69, 9.17) is 5.73 Å². The lowest BCUT2D eigenvalue weighted by Gasteiger charge is -2.31. The lowest BCUT2D eigenvalue weighted by atomic mass is 9.90. The Morgan fingerprint density at radius 3 is 2.22 bits per heavy atom. The van der Waals surface area contributed by atoms with Crippen molar-refractivity contribution in [3.05, 3.63) is 0 Å². The predicted molar refractivity (Wildman–Crippen MR) is 76.3 cm³/mol. The van der Waals surface area contributed by atoms with Gasteiger partial charge in [-0.1, -0.05) is 32.1 Å². The van der Waals surface area contributed by atoms with E-state index in [1.807, 2.05) is 4.90 Å². The maximum atomic E-state index is 12.6. The lowest BCUT2D eigenvalue weighted by Crippen LogP contribution is -2.42. The van der Waals surface area contributed by atoms with Crippen LogP contribution in [-0.2, 0) is 4.79 Å². The summed E-state index contributed by atoms with van der Waals surface area (Å²) in [5.41, 5.74) is 5.56. The van der Waals surface area contributed by atoms with Crippen LogP contribution >= 0.6 is 0 Å². The minimum Gasteiger partial charge on any atom is -0.340 e. The molecule has 0 aromatic rings. The summed E-state index contributed by atoms with van der Waals surface area (Å²) in [6.07, 6.45) is 9.48. The van der Waals surface area contributed by atoms with Crippen molar-refractivity contribution < 1.29 is 4.79 Å². The fourth-order valence-corrected chi connectivity index (χ4v) is 2.82. The van der Waals surface area contributed by atoms with Crippen LogP contribution in [0.25, 0.3) is 0 Å². The van der Waals surface area contributed by atoms with Gasteiger partial charge in [0.2, 0.25) is 5.91 Å². The maximum absolute atomic E-state index is 12.6. The van der Waals surface area contributed by atoms with Crippen molar-refractivity contribution in [2.45, 2.75) is 71.3 Å². The third-order valence-electron chi connectivity index (χ3n) is 3.96. The fourth-order valence-electron chi connectivity index (χ4n) is 2.82. The summed E-state index contributed by atoms with van der Waals surface area (Å²) in [5.74, 6) is 0.644. The van der Waals surface area contributed by atoms with Gasteiger partial charge in [0.1, 0.15) is 0 Å². The van der Waals surface area contributed by atoms with Crippen LogP contribution in [0.2, 0.25) is 0 Å². The van der Waals surface area contributed by atoms with Gasteiger partial charge in [-0.15, -0.1) is 0 Å². The molecule has 0 bridgehead atoms. The Labute approximate surface area is 112 Å². The number of nitrogens with two attached hydrogens (primary N) is 1. The van der Waals surface area contributed by atoms with Gasteiger partial charge < -0.3 is 10.6 Å². The molecule has 1 saturated carbocycles. The topological polar surface area (TPSA) is 46.3 Å². The number of rotatable bonds is 5. The quantitative estimate of drug-likeness (QED) is 0.820. The fraction of sp³-hybridized carbons (Fsp3) is 0.933. The van der Waals surface area contributed by atoms with Gasteiger partial charge in [0.25, 0.3) is 0 Å². The van der Waals surface area contributed by atoms with Crippen molar-refractivity contribution >= 4 is 5.91 Å². The highest BCUT2D eigenvalue weighted by atomic mass is 16.2. The third-order valence-corrected chi connectivity index (χ3v) is 3.96. The first kappa shape index (κ1) is 15.5. The van der Waals surface area contributed by atoms with Gasteiger partial charge >= 0.3 is 0 Å². The average molecular weight is 254 g/mol. The maximum Gasteiger partial charge on any atom is 0.225 e. The van der Waals surface area contributed by atoms with Crippen LogP contribution in [0, 0.1) is 5.92 Å². The van der Waals surface area contributed by atoms with Gasteiger partial charge in [-0.25, -0.2) is 0 Å². The van der Waals surface area contributed by atoms with Crippen LogP contribution in [0.4, 0.5) is 0 Å². The number of hydrogen-bond donors (Lipinski definition) is 1. The Morgan fingerprint density at radius 2 is 1.72 bits per heavy atom. The van der Waals surface area contributed by atoms with Crippen molar-refractivity contribution in [1.29, 1.82) is 0 Å². The molecule has 1 rings (SSSR count). The Bertz CT molecular complexity index is 233. The summed E-state index contributed by atoms with van der Waals surface area (Å²) < 4.78 is 0. The summed E-state index contributed by atoms with van der Waals surface area (Å²) >= 11 is 0. The molecule has 0 saturated heterocycles. The predicted octanol–water partition coefficient (Wildman–Crippen LogP) is 2.93. The molecule has 0 unspecified atom stereocenters. The van der Waals surface area contributed by atoms with E-state index < -0.39 is 0 Å². The zero-order valence-electron chi connectivity index (χ0n) is 12.2. The van der Waals surface area contributed by atoms with Crippen molar-refractivity contribution in [2.24, 2.45) is 11.7 Å². The Balaban J connectivity index is 2.55. The van der Waals surface area contributed by atoms with Gasteiger partial charge in [0.05, 0.1) is 0 Å². The molecule has 0 spiro atoms. The molecular weight excluding hydrogens is 224 g/mol. The van der Waals surface area contributed by atoms with Crippen LogP contribution in [0.15, 0.2) is 0 Å². The van der Waals surface area contributed by atoms with Crippen molar-refractivity contribution in [2.75, 3.05) is 13.1 Å². The van der Waals surface area contributed by atoms with Gasteiger partial charge in [-0.3, -0.25) is 4.79 Å². The molecule has 1 aliphatic rings.